The number of esters is 2. The van der Waals surface area contributed by atoms with Crippen molar-refractivity contribution in [1.82, 2.24) is 9.80 Å². The van der Waals surface area contributed by atoms with Crippen molar-refractivity contribution in [2.24, 2.45) is 0 Å². The maximum Gasteiger partial charge on any atom is 0.410 e. The van der Waals surface area contributed by atoms with Gasteiger partial charge in [0.2, 0.25) is 0 Å². The zero-order valence-corrected chi connectivity index (χ0v) is 38.2. The van der Waals surface area contributed by atoms with Crippen LogP contribution in [0.25, 0.3) is 0 Å². The second-order valence-corrected chi connectivity index (χ2v) is 15.9. The minimum Gasteiger partial charge on any atom is -0.492 e. The molecule has 0 N–H and O–H groups in total. The molecule has 0 aromatic heterocycles. The van der Waals surface area contributed by atoms with E-state index in [1.165, 1.54) is 11.0 Å². The van der Waals surface area contributed by atoms with E-state index < -0.39 is 23.4 Å². The molecule has 2 amide bonds. The molecule has 13 nitrogen and oxygen atoms in total. The topological polar surface area (TPSA) is 147 Å². The number of halogens is 2. The van der Waals surface area contributed by atoms with Crippen LogP contribution in [-0.2, 0) is 33.3 Å². The van der Waals surface area contributed by atoms with Crippen molar-refractivity contribution in [3.63, 3.8) is 0 Å². The highest BCUT2D eigenvalue weighted by atomic mass is 127. The molecule has 0 fully saturated rings. The Hall–Kier alpha value is -3.87. The summed E-state index contributed by atoms with van der Waals surface area (Å²) in [6.07, 6.45) is 4.96. The Balaban J connectivity index is 0.000000935. The summed E-state index contributed by atoms with van der Waals surface area (Å²) in [7, 11) is 0. The molecule has 0 spiro atoms. The third-order valence-electron chi connectivity index (χ3n) is 6.27. The van der Waals surface area contributed by atoms with Crippen molar-refractivity contribution in [3.05, 3.63) is 80.5 Å². The number of benzene rings is 2. The molecular formula is C41H58I2N2O11. The second kappa shape index (κ2) is 29.4. The number of amides is 2. The van der Waals surface area contributed by atoms with Crippen LogP contribution in [0.5, 0.6) is 11.5 Å². The van der Waals surface area contributed by atoms with E-state index in [9.17, 15) is 24.0 Å². The monoisotopic (exact) mass is 1010 g/mol. The molecule has 0 atom stereocenters. The van der Waals surface area contributed by atoms with Gasteiger partial charge in [-0.05, 0) is 156 Å². The summed E-state index contributed by atoms with van der Waals surface area (Å²) in [4.78, 5) is 59.5. The number of carbonyl (C=O) groups excluding carboxylic acids is 5. The summed E-state index contributed by atoms with van der Waals surface area (Å²) in [5.74, 6) is 0.757. The van der Waals surface area contributed by atoms with Crippen molar-refractivity contribution >= 4 is 75.6 Å². The fourth-order valence-electron chi connectivity index (χ4n) is 3.86. The van der Waals surface area contributed by atoms with Gasteiger partial charge in [-0.25, -0.2) is 19.2 Å². The van der Waals surface area contributed by atoms with Crippen LogP contribution in [0.3, 0.4) is 0 Å². The van der Waals surface area contributed by atoms with Gasteiger partial charge in [0.1, 0.15) is 42.2 Å². The lowest BCUT2D eigenvalue weighted by Crippen LogP contribution is -2.39. The molecule has 0 aliphatic heterocycles. The number of rotatable bonds is 18. The summed E-state index contributed by atoms with van der Waals surface area (Å²) >= 11 is 4.45. The van der Waals surface area contributed by atoms with Gasteiger partial charge in [-0.3, -0.25) is 0 Å². The summed E-state index contributed by atoms with van der Waals surface area (Å²) in [6.45, 7) is 20.6. The second-order valence-electron chi connectivity index (χ2n) is 13.4. The minimum absolute atomic E-state index is 0.281. The lowest BCUT2D eigenvalue weighted by molar-refractivity contribution is -0.138. The van der Waals surface area contributed by atoms with Crippen LogP contribution < -0.4 is 9.47 Å². The predicted molar refractivity (Wildman–Crippen MR) is 233 cm³/mol. The highest BCUT2D eigenvalue weighted by molar-refractivity contribution is 14.1. The van der Waals surface area contributed by atoms with Gasteiger partial charge in [0, 0.05) is 38.8 Å². The van der Waals surface area contributed by atoms with Crippen LogP contribution in [0.15, 0.2) is 73.3 Å². The van der Waals surface area contributed by atoms with E-state index in [4.69, 9.17) is 23.7 Å². The van der Waals surface area contributed by atoms with Crippen LogP contribution >= 0.6 is 45.2 Å². The molecule has 0 aliphatic carbocycles. The Bertz CT molecular complexity index is 1490. The van der Waals surface area contributed by atoms with Crippen molar-refractivity contribution in [2.75, 3.05) is 52.6 Å². The first kappa shape index (κ1) is 52.1. The van der Waals surface area contributed by atoms with E-state index >= 15 is 0 Å². The van der Waals surface area contributed by atoms with Crippen LogP contribution in [0, 0.1) is 7.14 Å². The van der Waals surface area contributed by atoms with Gasteiger partial charge in [0.15, 0.2) is 0 Å². The Morgan fingerprint density at radius 1 is 0.643 bits per heavy atom. The molecule has 0 aliphatic rings. The average molecular weight is 1010 g/mol. The fraction of sp³-hybridized carbons (Fsp3) is 0.488. The maximum absolute atomic E-state index is 12.4. The zero-order chi connectivity index (χ0) is 42.6. The number of aldehydes is 1. The van der Waals surface area contributed by atoms with Gasteiger partial charge < -0.3 is 43.0 Å². The lowest BCUT2D eigenvalue weighted by Gasteiger charge is -2.27. The van der Waals surface area contributed by atoms with Crippen LogP contribution in [0.1, 0.15) is 68.2 Å². The third kappa shape index (κ3) is 28.5. The lowest BCUT2D eigenvalue weighted by atomic mass is 10.2. The van der Waals surface area contributed by atoms with Crippen LogP contribution in [0.2, 0.25) is 0 Å². The Morgan fingerprint density at radius 2 is 1.04 bits per heavy atom. The minimum atomic E-state index is -0.576. The van der Waals surface area contributed by atoms with Gasteiger partial charge in [0.05, 0.1) is 26.3 Å². The van der Waals surface area contributed by atoms with Gasteiger partial charge in [-0.2, -0.15) is 0 Å². The molecule has 0 saturated carbocycles. The number of ether oxygens (including phenoxy) is 6. The molecule has 2 aromatic rings. The molecule has 0 unspecified atom stereocenters. The molecule has 15 heteroatoms. The van der Waals surface area contributed by atoms with E-state index in [2.05, 4.69) is 56.5 Å². The molecule has 0 saturated heterocycles. The van der Waals surface area contributed by atoms with E-state index in [1.807, 2.05) is 90.1 Å². The zero-order valence-electron chi connectivity index (χ0n) is 33.8. The average Bonchev–Trinajstić information content (AvgIpc) is 3.11. The smallest absolute Gasteiger partial charge is 0.410 e. The predicted octanol–water partition coefficient (Wildman–Crippen LogP) is 8.65. The van der Waals surface area contributed by atoms with Crippen molar-refractivity contribution in [3.8, 4) is 11.5 Å². The molecule has 0 bridgehead atoms. The van der Waals surface area contributed by atoms with E-state index in [-0.39, 0.29) is 18.4 Å². The van der Waals surface area contributed by atoms with E-state index in [0.717, 1.165) is 31.0 Å². The fourth-order valence-corrected chi connectivity index (χ4v) is 4.58. The Morgan fingerprint density at radius 3 is 1.38 bits per heavy atom. The first-order valence-corrected chi connectivity index (χ1v) is 20.3. The van der Waals surface area contributed by atoms with Gasteiger partial charge in [-0.15, -0.1) is 0 Å². The summed E-state index contributed by atoms with van der Waals surface area (Å²) in [5, 5.41) is 0. The molecule has 312 valence electrons. The number of hydrogen-bond acceptors (Lipinski definition) is 11. The van der Waals surface area contributed by atoms with E-state index in [1.54, 1.807) is 24.8 Å². The molecule has 0 radical (unpaired) electrons. The summed E-state index contributed by atoms with van der Waals surface area (Å²) < 4.78 is 33.6. The van der Waals surface area contributed by atoms with Crippen molar-refractivity contribution < 1.29 is 52.4 Å². The number of hydrogen-bond donors (Lipinski definition) is 0. The van der Waals surface area contributed by atoms with E-state index in [0.29, 0.717) is 59.0 Å². The highest BCUT2D eigenvalue weighted by Crippen LogP contribution is 2.16. The summed E-state index contributed by atoms with van der Waals surface area (Å²) in [6, 6.07) is 15.4. The Labute approximate surface area is 359 Å². The molecule has 2 rings (SSSR count). The molecule has 2 aromatic carbocycles. The quantitative estimate of drug-likeness (QED) is 0.0465. The standard InChI is InChI=1S/C20H28INO5.C16H22INO4.C5H8O2/c1-5-25-18(23)8-6-7-13-22(19(24)27-20(2,3)4)14-15-26-17-11-9-16(21)10-12-17;1-16(2,3)22-15(20)18(9-4-11-19)10-12-21-14-7-5-13(17)6-8-14;1-3-5(6)7-4-2/h6,8-12H,5,7,13-15H2,1-4H3;5-8,11H,4,9-10,12H2,1-3H3;3H,1,4H2,2H3/b8-6+;;. The van der Waals surface area contributed by atoms with Crippen molar-refractivity contribution in [2.45, 2.75) is 79.4 Å². The van der Waals surface area contributed by atoms with Crippen LogP contribution in [0.4, 0.5) is 9.59 Å². The van der Waals surface area contributed by atoms with Gasteiger partial charge in [0.25, 0.3) is 0 Å². The summed E-state index contributed by atoms with van der Waals surface area (Å²) in [5.41, 5.74) is -1.14. The first-order valence-electron chi connectivity index (χ1n) is 18.1. The highest BCUT2D eigenvalue weighted by Gasteiger charge is 2.23. The number of nitrogens with zero attached hydrogens (tertiary/aromatic N) is 2. The normalized spacial score (nSPS) is 10.7. The van der Waals surface area contributed by atoms with Crippen molar-refractivity contribution in [1.29, 1.82) is 0 Å². The largest absolute Gasteiger partial charge is 0.492 e. The SMILES string of the molecule is C=CC(=O)OCC.CC(C)(C)OC(=O)N(CCC=O)CCOc1ccc(I)cc1.CCOC(=O)/C=C/CCN(CCOc1ccc(I)cc1)C(=O)OC(C)(C)C. The first-order chi connectivity index (χ1) is 26.3. The molecular weight excluding hydrogens is 950 g/mol. The van der Waals surface area contributed by atoms with Crippen LogP contribution in [-0.4, -0.2) is 104 Å². The maximum atomic E-state index is 12.4. The third-order valence-corrected chi connectivity index (χ3v) is 7.71. The number of carbonyl (C=O) groups is 5. The van der Waals surface area contributed by atoms with Gasteiger partial charge in [-0.1, -0.05) is 12.7 Å². The van der Waals surface area contributed by atoms with Gasteiger partial charge >= 0.3 is 24.1 Å². The molecule has 56 heavy (non-hydrogen) atoms. The molecule has 0 heterocycles. The Kier molecular flexibility index (Phi) is 27.4.